The molecule has 0 heterocycles. The van der Waals surface area contributed by atoms with Crippen LogP contribution in [0.25, 0.3) is 0 Å². The zero-order valence-electron chi connectivity index (χ0n) is 12.0. The van der Waals surface area contributed by atoms with Gasteiger partial charge in [0.15, 0.2) is 6.61 Å². The molecule has 2 atom stereocenters. The molecule has 110 valence electrons. The first kappa shape index (κ1) is 14.8. The molecule has 2 unspecified atom stereocenters. The topological polar surface area (TPSA) is 73.6 Å². The Morgan fingerprint density at radius 2 is 2.35 bits per heavy atom. The van der Waals surface area contributed by atoms with Gasteiger partial charge in [0.05, 0.1) is 6.61 Å². The van der Waals surface area contributed by atoms with Gasteiger partial charge in [-0.05, 0) is 43.0 Å². The van der Waals surface area contributed by atoms with Crippen molar-refractivity contribution < 1.29 is 14.3 Å². The van der Waals surface area contributed by atoms with Gasteiger partial charge in [-0.3, -0.25) is 4.79 Å². The van der Waals surface area contributed by atoms with Crippen molar-refractivity contribution in [1.29, 1.82) is 0 Å². The van der Waals surface area contributed by atoms with E-state index in [1.165, 1.54) is 11.1 Å². The summed E-state index contributed by atoms with van der Waals surface area (Å²) < 4.78 is 10.5. The number of methoxy groups -OCH3 is 1. The maximum absolute atomic E-state index is 11.7. The van der Waals surface area contributed by atoms with Gasteiger partial charge in [-0.25, -0.2) is 0 Å². The van der Waals surface area contributed by atoms with Gasteiger partial charge >= 0.3 is 0 Å². The molecule has 0 aliphatic heterocycles. The molecule has 20 heavy (non-hydrogen) atoms. The van der Waals surface area contributed by atoms with Crippen LogP contribution in [-0.2, 0) is 16.0 Å². The minimum Gasteiger partial charge on any atom is -0.484 e. The second-order valence-corrected chi connectivity index (χ2v) is 5.22. The Morgan fingerprint density at radius 1 is 1.55 bits per heavy atom. The molecule has 1 aromatic rings. The van der Waals surface area contributed by atoms with E-state index in [0.717, 1.165) is 12.8 Å². The maximum atomic E-state index is 11.7. The van der Waals surface area contributed by atoms with Crippen LogP contribution in [-0.4, -0.2) is 32.3 Å². The molecule has 0 spiro atoms. The monoisotopic (exact) mass is 278 g/mol. The summed E-state index contributed by atoms with van der Waals surface area (Å²) in [5, 5.41) is 2.80. The van der Waals surface area contributed by atoms with Gasteiger partial charge in [0.1, 0.15) is 5.75 Å². The van der Waals surface area contributed by atoms with Crippen molar-refractivity contribution in [3.8, 4) is 5.75 Å². The van der Waals surface area contributed by atoms with E-state index < -0.39 is 0 Å². The molecule has 5 nitrogen and oxygen atoms in total. The summed E-state index contributed by atoms with van der Waals surface area (Å²) >= 11 is 0. The predicted molar refractivity (Wildman–Crippen MR) is 76.7 cm³/mol. The van der Waals surface area contributed by atoms with Gasteiger partial charge in [0.25, 0.3) is 5.91 Å². The number of rotatable bonds is 6. The van der Waals surface area contributed by atoms with E-state index in [9.17, 15) is 4.79 Å². The number of aryl methyl sites for hydroxylation is 1. The molecule has 2 rings (SSSR count). The zero-order chi connectivity index (χ0) is 14.5. The fourth-order valence-corrected chi connectivity index (χ4v) is 2.47. The van der Waals surface area contributed by atoms with E-state index in [1.54, 1.807) is 7.11 Å². The number of hydrogen-bond acceptors (Lipinski definition) is 4. The van der Waals surface area contributed by atoms with E-state index >= 15 is 0 Å². The first-order valence-corrected chi connectivity index (χ1v) is 6.89. The van der Waals surface area contributed by atoms with Crippen molar-refractivity contribution in [2.45, 2.75) is 31.8 Å². The molecule has 0 aromatic heterocycles. The van der Waals surface area contributed by atoms with E-state index in [0.29, 0.717) is 12.4 Å². The van der Waals surface area contributed by atoms with Crippen molar-refractivity contribution in [3.63, 3.8) is 0 Å². The van der Waals surface area contributed by atoms with Crippen LogP contribution in [0.2, 0.25) is 0 Å². The van der Waals surface area contributed by atoms with Crippen LogP contribution in [0.4, 0.5) is 0 Å². The number of nitrogens with one attached hydrogen (secondary N) is 1. The lowest BCUT2D eigenvalue weighted by molar-refractivity contribution is -0.124. The molecule has 0 fully saturated rings. The third-order valence-electron chi connectivity index (χ3n) is 3.43. The van der Waals surface area contributed by atoms with Crippen LogP contribution in [0.15, 0.2) is 18.2 Å². The summed E-state index contributed by atoms with van der Waals surface area (Å²) in [5.41, 5.74) is 8.40. The molecule has 3 N–H and O–H groups in total. The van der Waals surface area contributed by atoms with Crippen molar-refractivity contribution in [3.05, 3.63) is 29.3 Å². The van der Waals surface area contributed by atoms with Crippen molar-refractivity contribution in [2.24, 2.45) is 5.73 Å². The first-order chi connectivity index (χ1) is 9.60. The SMILES string of the molecule is COCC(C)NC(=O)COc1ccc2c(c1)CCC2N. The van der Waals surface area contributed by atoms with Gasteiger partial charge in [-0.15, -0.1) is 0 Å². The number of nitrogens with two attached hydrogens (primary N) is 1. The second-order valence-electron chi connectivity index (χ2n) is 5.22. The fourth-order valence-electron chi connectivity index (χ4n) is 2.47. The van der Waals surface area contributed by atoms with Crippen molar-refractivity contribution in [2.75, 3.05) is 20.3 Å². The molecule has 0 saturated heterocycles. The van der Waals surface area contributed by atoms with Crippen molar-refractivity contribution >= 4 is 5.91 Å². The minimum atomic E-state index is -0.147. The average Bonchev–Trinajstić information content (AvgIpc) is 2.78. The average molecular weight is 278 g/mol. The Hall–Kier alpha value is -1.59. The van der Waals surface area contributed by atoms with Crippen LogP contribution in [0.1, 0.15) is 30.5 Å². The molecule has 1 aliphatic carbocycles. The molecule has 1 aliphatic rings. The number of fused-ring (bicyclic) bond motifs is 1. The van der Waals surface area contributed by atoms with Crippen LogP contribution in [0.3, 0.4) is 0 Å². The number of amides is 1. The Balaban J connectivity index is 1.84. The lowest BCUT2D eigenvalue weighted by atomic mass is 10.1. The van der Waals surface area contributed by atoms with Crippen LogP contribution < -0.4 is 15.8 Å². The summed E-state index contributed by atoms with van der Waals surface area (Å²) in [6.45, 7) is 2.39. The quantitative estimate of drug-likeness (QED) is 0.819. The number of hydrogen-bond donors (Lipinski definition) is 2. The highest BCUT2D eigenvalue weighted by molar-refractivity contribution is 5.77. The van der Waals surface area contributed by atoms with Gasteiger partial charge in [-0.2, -0.15) is 0 Å². The normalized spacial score (nSPS) is 18.4. The Morgan fingerprint density at radius 3 is 3.10 bits per heavy atom. The zero-order valence-corrected chi connectivity index (χ0v) is 12.0. The van der Waals surface area contributed by atoms with Gasteiger partial charge in [-0.1, -0.05) is 6.07 Å². The third kappa shape index (κ3) is 3.71. The number of ether oxygens (including phenoxy) is 2. The first-order valence-electron chi connectivity index (χ1n) is 6.89. The van der Waals surface area contributed by atoms with E-state index in [-0.39, 0.29) is 24.6 Å². The standard InChI is InChI=1S/C15H22N2O3/c1-10(8-19-2)17-15(18)9-20-12-4-5-13-11(7-12)3-6-14(13)16/h4-5,7,10,14H,3,6,8-9,16H2,1-2H3,(H,17,18). The van der Waals surface area contributed by atoms with Gasteiger partial charge in [0.2, 0.25) is 0 Å². The Kier molecular flexibility index (Phi) is 4.98. The highest BCUT2D eigenvalue weighted by Crippen LogP contribution is 2.31. The van der Waals surface area contributed by atoms with Crippen LogP contribution in [0, 0.1) is 0 Å². The smallest absolute Gasteiger partial charge is 0.258 e. The summed E-state index contributed by atoms with van der Waals surface area (Å²) in [4.78, 5) is 11.7. The molecule has 0 saturated carbocycles. The fraction of sp³-hybridized carbons (Fsp3) is 0.533. The summed E-state index contributed by atoms with van der Waals surface area (Å²) in [7, 11) is 1.61. The molecule has 1 aromatic carbocycles. The third-order valence-corrected chi connectivity index (χ3v) is 3.43. The lowest BCUT2D eigenvalue weighted by Gasteiger charge is -2.13. The van der Waals surface area contributed by atoms with Gasteiger partial charge < -0.3 is 20.5 Å². The molecule has 5 heteroatoms. The number of carbonyl (C=O) groups excluding carboxylic acids is 1. The van der Waals surface area contributed by atoms with E-state index in [1.807, 2.05) is 25.1 Å². The molecule has 0 radical (unpaired) electrons. The molecule has 1 amide bonds. The minimum absolute atomic E-state index is 0.0128. The largest absolute Gasteiger partial charge is 0.484 e. The Bertz CT molecular complexity index is 476. The number of carbonyl (C=O) groups is 1. The second kappa shape index (κ2) is 6.72. The van der Waals surface area contributed by atoms with Crippen molar-refractivity contribution in [1.82, 2.24) is 5.32 Å². The molecule has 0 bridgehead atoms. The number of benzene rings is 1. The Labute approximate surface area is 119 Å². The van der Waals surface area contributed by atoms with Crippen LogP contribution >= 0.6 is 0 Å². The predicted octanol–water partition coefficient (Wildman–Crippen LogP) is 1.16. The highest BCUT2D eigenvalue weighted by atomic mass is 16.5. The van der Waals surface area contributed by atoms with Gasteiger partial charge in [0, 0.05) is 19.2 Å². The maximum Gasteiger partial charge on any atom is 0.258 e. The molecular formula is C15H22N2O3. The highest BCUT2D eigenvalue weighted by Gasteiger charge is 2.19. The van der Waals surface area contributed by atoms with E-state index in [2.05, 4.69) is 5.32 Å². The van der Waals surface area contributed by atoms with Crippen LogP contribution in [0.5, 0.6) is 5.75 Å². The summed E-state index contributed by atoms with van der Waals surface area (Å²) in [6.07, 6.45) is 1.96. The summed E-state index contributed by atoms with van der Waals surface area (Å²) in [5.74, 6) is 0.569. The lowest BCUT2D eigenvalue weighted by Crippen LogP contribution is -2.38. The summed E-state index contributed by atoms with van der Waals surface area (Å²) in [6, 6.07) is 5.96. The van der Waals surface area contributed by atoms with E-state index in [4.69, 9.17) is 15.2 Å². The molecular weight excluding hydrogens is 256 g/mol.